The van der Waals surface area contributed by atoms with Gasteiger partial charge in [0.15, 0.2) is 0 Å². The number of hydrogen-bond acceptors (Lipinski definition) is 2. The third-order valence-electron chi connectivity index (χ3n) is 4.04. The first-order chi connectivity index (χ1) is 9.40. The van der Waals surface area contributed by atoms with Crippen LogP contribution in [-0.2, 0) is 13.1 Å². The molecule has 1 aromatic carbocycles. The lowest BCUT2D eigenvalue weighted by Crippen LogP contribution is -2.17. The van der Waals surface area contributed by atoms with Crippen LogP contribution in [0.15, 0.2) is 24.3 Å². The molecule has 106 valence electrons. The summed E-state index contributed by atoms with van der Waals surface area (Å²) < 4.78 is 0. The first-order valence-electron chi connectivity index (χ1n) is 7.80. The van der Waals surface area contributed by atoms with E-state index >= 15 is 0 Å². The fraction of sp³-hybridized carbons (Fsp3) is 0.647. The second-order valence-electron chi connectivity index (χ2n) is 5.68. The topological polar surface area (TPSA) is 3.24 Å². The molecule has 1 aromatic rings. The fourth-order valence-electron chi connectivity index (χ4n) is 2.89. The highest BCUT2D eigenvalue weighted by Crippen LogP contribution is 2.22. The lowest BCUT2D eigenvalue weighted by atomic mass is 10.1. The second kappa shape index (κ2) is 8.65. The van der Waals surface area contributed by atoms with Gasteiger partial charge >= 0.3 is 0 Å². The average Bonchev–Trinajstić information content (AvgIpc) is 2.84. The summed E-state index contributed by atoms with van der Waals surface area (Å²) in [6.07, 6.45) is 9.63. The Balaban J connectivity index is 1.49. The van der Waals surface area contributed by atoms with Crippen LogP contribution >= 0.6 is 12.6 Å². The van der Waals surface area contributed by atoms with E-state index in [4.69, 9.17) is 0 Å². The Hall–Kier alpha value is -0.470. The van der Waals surface area contributed by atoms with Crippen molar-refractivity contribution in [3.63, 3.8) is 0 Å². The Morgan fingerprint density at radius 3 is 1.89 bits per heavy atom. The van der Waals surface area contributed by atoms with E-state index in [1.54, 1.807) is 0 Å². The molecule has 0 atom stereocenters. The zero-order chi connectivity index (χ0) is 13.3. The molecule has 0 saturated carbocycles. The Morgan fingerprint density at radius 2 is 1.32 bits per heavy atom. The van der Waals surface area contributed by atoms with Gasteiger partial charge < -0.3 is 0 Å². The minimum Gasteiger partial charge on any atom is -0.295 e. The molecule has 0 fully saturated rings. The van der Waals surface area contributed by atoms with E-state index < -0.39 is 0 Å². The molecule has 2 heteroatoms. The Kier molecular flexibility index (Phi) is 6.80. The highest BCUT2D eigenvalue weighted by atomic mass is 32.1. The van der Waals surface area contributed by atoms with Crippen molar-refractivity contribution in [2.75, 3.05) is 12.3 Å². The van der Waals surface area contributed by atoms with Gasteiger partial charge in [-0.25, -0.2) is 0 Å². The third kappa shape index (κ3) is 5.19. The van der Waals surface area contributed by atoms with Crippen molar-refractivity contribution in [3.8, 4) is 0 Å². The highest BCUT2D eigenvalue weighted by molar-refractivity contribution is 7.80. The first kappa shape index (κ1) is 14.9. The molecule has 0 amide bonds. The second-order valence-corrected chi connectivity index (χ2v) is 6.13. The van der Waals surface area contributed by atoms with Crippen molar-refractivity contribution in [2.45, 2.75) is 58.0 Å². The Labute approximate surface area is 123 Å². The molecule has 1 aliphatic heterocycles. The SMILES string of the molecule is SCCCCCCCCCN1Cc2ccccc2C1. The van der Waals surface area contributed by atoms with Crippen LogP contribution in [-0.4, -0.2) is 17.2 Å². The van der Waals surface area contributed by atoms with Crippen molar-refractivity contribution in [1.82, 2.24) is 4.90 Å². The molecule has 0 unspecified atom stereocenters. The van der Waals surface area contributed by atoms with Crippen LogP contribution < -0.4 is 0 Å². The third-order valence-corrected chi connectivity index (χ3v) is 4.35. The van der Waals surface area contributed by atoms with E-state index in [1.165, 1.54) is 62.6 Å². The van der Waals surface area contributed by atoms with Gasteiger partial charge in [-0.3, -0.25) is 4.90 Å². The smallest absolute Gasteiger partial charge is 0.0240 e. The summed E-state index contributed by atoms with van der Waals surface area (Å²) in [5.41, 5.74) is 3.07. The van der Waals surface area contributed by atoms with Crippen molar-refractivity contribution in [2.24, 2.45) is 0 Å². The van der Waals surface area contributed by atoms with Crippen molar-refractivity contribution in [1.29, 1.82) is 0 Å². The van der Waals surface area contributed by atoms with Gasteiger partial charge in [0.2, 0.25) is 0 Å². The number of fused-ring (bicyclic) bond motifs is 1. The van der Waals surface area contributed by atoms with E-state index in [9.17, 15) is 0 Å². The van der Waals surface area contributed by atoms with Crippen LogP contribution in [0.1, 0.15) is 56.1 Å². The molecule has 2 rings (SSSR count). The van der Waals surface area contributed by atoms with Crippen LogP contribution in [0.3, 0.4) is 0 Å². The molecule has 0 spiro atoms. The minimum absolute atomic E-state index is 1.05. The predicted octanol–water partition coefficient (Wildman–Crippen LogP) is 4.66. The lowest BCUT2D eigenvalue weighted by Gasteiger charge is -2.14. The molecular formula is C17H27NS. The zero-order valence-corrected chi connectivity index (χ0v) is 12.9. The number of benzene rings is 1. The summed E-state index contributed by atoms with van der Waals surface area (Å²) in [6, 6.07) is 8.87. The maximum absolute atomic E-state index is 4.24. The van der Waals surface area contributed by atoms with E-state index in [1.807, 2.05) is 0 Å². The number of unbranched alkanes of at least 4 members (excludes halogenated alkanes) is 6. The van der Waals surface area contributed by atoms with Crippen LogP contribution in [0.4, 0.5) is 0 Å². The van der Waals surface area contributed by atoms with Crippen LogP contribution in [0, 0.1) is 0 Å². The summed E-state index contributed by atoms with van der Waals surface area (Å²) in [7, 11) is 0. The fourth-order valence-corrected chi connectivity index (χ4v) is 3.12. The van der Waals surface area contributed by atoms with Crippen molar-refractivity contribution in [3.05, 3.63) is 35.4 Å². The number of nitrogens with zero attached hydrogens (tertiary/aromatic N) is 1. The first-order valence-corrected chi connectivity index (χ1v) is 8.43. The summed E-state index contributed by atoms with van der Waals surface area (Å²) in [5.74, 6) is 1.05. The molecule has 0 aromatic heterocycles. The highest BCUT2D eigenvalue weighted by Gasteiger charge is 2.16. The zero-order valence-electron chi connectivity index (χ0n) is 12.0. The van der Waals surface area contributed by atoms with E-state index in [2.05, 4.69) is 41.8 Å². The quantitative estimate of drug-likeness (QED) is 0.507. The largest absolute Gasteiger partial charge is 0.295 e. The van der Waals surface area contributed by atoms with Crippen LogP contribution in [0.25, 0.3) is 0 Å². The molecule has 0 aliphatic carbocycles. The molecule has 1 nitrogen and oxygen atoms in total. The van der Waals surface area contributed by atoms with Gasteiger partial charge in [-0.1, -0.05) is 56.4 Å². The molecule has 0 bridgehead atoms. The standard InChI is InChI=1S/C17H27NS/c19-13-9-5-3-1-2-4-8-12-18-14-16-10-6-7-11-17(16)15-18/h6-7,10-11,19H,1-5,8-9,12-15H2. The van der Waals surface area contributed by atoms with Crippen LogP contribution in [0.2, 0.25) is 0 Å². The maximum Gasteiger partial charge on any atom is 0.0240 e. The minimum atomic E-state index is 1.05. The Morgan fingerprint density at radius 1 is 0.789 bits per heavy atom. The average molecular weight is 277 g/mol. The van der Waals surface area contributed by atoms with Gasteiger partial charge in [-0.15, -0.1) is 0 Å². The van der Waals surface area contributed by atoms with Crippen LogP contribution in [0.5, 0.6) is 0 Å². The molecular weight excluding hydrogens is 250 g/mol. The van der Waals surface area contributed by atoms with Gasteiger partial charge in [0, 0.05) is 13.1 Å². The van der Waals surface area contributed by atoms with E-state index in [-0.39, 0.29) is 0 Å². The monoisotopic (exact) mass is 277 g/mol. The summed E-state index contributed by atoms with van der Waals surface area (Å²) in [5, 5.41) is 0. The predicted molar refractivity (Wildman–Crippen MR) is 86.7 cm³/mol. The lowest BCUT2D eigenvalue weighted by molar-refractivity contribution is 0.276. The van der Waals surface area contributed by atoms with Gasteiger partial charge in [0.1, 0.15) is 0 Å². The van der Waals surface area contributed by atoms with E-state index in [0.29, 0.717) is 0 Å². The molecule has 0 saturated heterocycles. The molecule has 1 aliphatic rings. The molecule has 1 heterocycles. The van der Waals surface area contributed by atoms with Gasteiger partial charge in [-0.05, 0) is 36.3 Å². The maximum atomic E-state index is 4.24. The molecule has 0 radical (unpaired) electrons. The Bertz CT molecular complexity index is 339. The van der Waals surface area contributed by atoms with Crippen molar-refractivity contribution < 1.29 is 0 Å². The summed E-state index contributed by atoms with van der Waals surface area (Å²) >= 11 is 4.24. The summed E-state index contributed by atoms with van der Waals surface area (Å²) in [4.78, 5) is 2.59. The van der Waals surface area contributed by atoms with Crippen molar-refractivity contribution >= 4 is 12.6 Å². The molecule has 0 N–H and O–H groups in total. The normalized spacial score (nSPS) is 14.8. The number of rotatable bonds is 9. The summed E-state index contributed by atoms with van der Waals surface area (Å²) in [6.45, 7) is 3.60. The number of thiol groups is 1. The number of hydrogen-bond donors (Lipinski definition) is 1. The van der Waals surface area contributed by atoms with Gasteiger partial charge in [0.05, 0.1) is 0 Å². The van der Waals surface area contributed by atoms with Gasteiger partial charge in [0.25, 0.3) is 0 Å². The molecule has 19 heavy (non-hydrogen) atoms. The van der Waals surface area contributed by atoms with E-state index in [0.717, 1.165) is 18.8 Å². The van der Waals surface area contributed by atoms with Gasteiger partial charge in [-0.2, -0.15) is 12.6 Å².